The van der Waals surface area contributed by atoms with E-state index in [9.17, 15) is 0 Å². The molecule has 18 heavy (non-hydrogen) atoms. The van der Waals surface area contributed by atoms with Crippen molar-refractivity contribution < 1.29 is 5.11 Å². The first-order valence-electron chi connectivity index (χ1n) is 7.59. The van der Waals surface area contributed by atoms with Crippen molar-refractivity contribution in [3.63, 3.8) is 0 Å². The fourth-order valence-corrected chi connectivity index (χ4v) is 3.78. The Kier molecular flexibility index (Phi) is 4.68. The molecule has 106 valence electrons. The van der Waals surface area contributed by atoms with Gasteiger partial charge in [0.05, 0.1) is 0 Å². The second kappa shape index (κ2) is 5.89. The van der Waals surface area contributed by atoms with Crippen molar-refractivity contribution in [3.05, 3.63) is 0 Å². The van der Waals surface area contributed by atoms with E-state index in [4.69, 9.17) is 10.8 Å². The van der Waals surface area contributed by atoms with Gasteiger partial charge in [0, 0.05) is 25.7 Å². The Labute approximate surface area is 112 Å². The summed E-state index contributed by atoms with van der Waals surface area (Å²) in [4.78, 5) is 2.58. The average Bonchev–Trinajstić information content (AvgIpc) is 2.72. The predicted molar refractivity (Wildman–Crippen MR) is 75.3 cm³/mol. The normalized spacial score (nSPS) is 37.0. The van der Waals surface area contributed by atoms with E-state index in [0.717, 1.165) is 6.42 Å². The van der Waals surface area contributed by atoms with Crippen molar-refractivity contribution in [2.24, 2.45) is 23.0 Å². The molecule has 0 amide bonds. The molecule has 3 nitrogen and oxygen atoms in total. The van der Waals surface area contributed by atoms with Crippen LogP contribution in [0.3, 0.4) is 0 Å². The maximum absolute atomic E-state index is 9.01. The van der Waals surface area contributed by atoms with Gasteiger partial charge in [-0.15, -0.1) is 0 Å². The molecule has 1 saturated heterocycles. The highest BCUT2D eigenvalue weighted by molar-refractivity contribution is 4.89. The first kappa shape index (κ1) is 14.3. The molecule has 3 atom stereocenters. The van der Waals surface area contributed by atoms with Crippen LogP contribution in [-0.4, -0.2) is 42.3 Å². The quantitative estimate of drug-likeness (QED) is 0.805. The minimum absolute atomic E-state index is 0.342. The van der Waals surface area contributed by atoms with E-state index < -0.39 is 0 Å². The summed E-state index contributed by atoms with van der Waals surface area (Å²) in [6, 6.07) is 0.398. The minimum Gasteiger partial charge on any atom is -0.396 e. The Balaban J connectivity index is 1.82. The van der Waals surface area contributed by atoms with Crippen LogP contribution >= 0.6 is 0 Å². The molecule has 0 bridgehead atoms. The van der Waals surface area contributed by atoms with Crippen molar-refractivity contribution in [1.29, 1.82) is 0 Å². The summed E-state index contributed by atoms with van der Waals surface area (Å²) in [5, 5.41) is 9.01. The Morgan fingerprint density at radius 3 is 2.83 bits per heavy atom. The lowest BCUT2D eigenvalue weighted by Gasteiger charge is -2.40. The van der Waals surface area contributed by atoms with Crippen molar-refractivity contribution in [1.82, 2.24) is 4.90 Å². The van der Waals surface area contributed by atoms with Crippen molar-refractivity contribution in [2.75, 3.05) is 26.2 Å². The van der Waals surface area contributed by atoms with Crippen molar-refractivity contribution in [3.8, 4) is 0 Å². The summed E-state index contributed by atoms with van der Waals surface area (Å²) in [5.41, 5.74) is 6.78. The number of nitrogens with zero attached hydrogens (tertiary/aromatic N) is 1. The van der Waals surface area contributed by atoms with Crippen LogP contribution in [0.1, 0.15) is 46.0 Å². The molecule has 3 unspecified atom stereocenters. The third kappa shape index (κ3) is 3.69. The standard InChI is InChI=1S/C15H30N2O/c1-15(2)6-3-14(16)13(9-15)11-17-7-4-12(10-17)5-8-18/h12-14,18H,3-11,16H2,1-2H3. The fourth-order valence-electron chi connectivity index (χ4n) is 3.78. The highest BCUT2D eigenvalue weighted by Gasteiger charge is 2.35. The molecule has 0 radical (unpaired) electrons. The van der Waals surface area contributed by atoms with Gasteiger partial charge in [0.15, 0.2) is 0 Å². The second-order valence-corrected chi connectivity index (χ2v) is 7.26. The van der Waals surface area contributed by atoms with Gasteiger partial charge in [0.1, 0.15) is 0 Å². The molecule has 0 aromatic carbocycles. The predicted octanol–water partition coefficient (Wildman–Crippen LogP) is 1.84. The molecular formula is C15H30N2O. The zero-order chi connectivity index (χ0) is 13.2. The van der Waals surface area contributed by atoms with E-state index in [1.165, 1.54) is 45.3 Å². The number of aliphatic hydroxyl groups is 1. The molecular weight excluding hydrogens is 224 g/mol. The Morgan fingerprint density at radius 2 is 2.11 bits per heavy atom. The van der Waals surface area contributed by atoms with Gasteiger partial charge in [0.2, 0.25) is 0 Å². The van der Waals surface area contributed by atoms with E-state index in [0.29, 0.717) is 29.9 Å². The lowest BCUT2D eigenvalue weighted by molar-refractivity contribution is 0.122. The van der Waals surface area contributed by atoms with E-state index in [2.05, 4.69) is 18.7 Å². The molecule has 2 fully saturated rings. The molecule has 0 aromatic rings. The Hall–Kier alpha value is -0.120. The Bertz CT molecular complexity index is 267. The van der Waals surface area contributed by atoms with Gasteiger partial charge >= 0.3 is 0 Å². The van der Waals surface area contributed by atoms with Gasteiger partial charge in [-0.3, -0.25) is 0 Å². The lowest BCUT2D eigenvalue weighted by Crippen LogP contribution is -2.44. The van der Waals surface area contributed by atoms with Crippen LogP contribution in [0.5, 0.6) is 0 Å². The summed E-state index contributed by atoms with van der Waals surface area (Å²) < 4.78 is 0. The molecule has 1 aliphatic carbocycles. The summed E-state index contributed by atoms with van der Waals surface area (Å²) in [6.07, 6.45) is 5.96. The van der Waals surface area contributed by atoms with Crippen LogP contribution in [0.25, 0.3) is 0 Å². The molecule has 2 aliphatic rings. The number of rotatable bonds is 4. The van der Waals surface area contributed by atoms with Crippen LogP contribution < -0.4 is 5.73 Å². The highest BCUT2D eigenvalue weighted by atomic mass is 16.3. The molecule has 1 aliphatic heterocycles. The van der Waals surface area contributed by atoms with Crippen LogP contribution in [0.15, 0.2) is 0 Å². The van der Waals surface area contributed by atoms with Crippen LogP contribution in [-0.2, 0) is 0 Å². The van der Waals surface area contributed by atoms with Gasteiger partial charge in [-0.2, -0.15) is 0 Å². The van der Waals surface area contributed by atoms with Gasteiger partial charge in [-0.1, -0.05) is 13.8 Å². The molecule has 1 saturated carbocycles. The summed E-state index contributed by atoms with van der Waals surface area (Å²) in [5.74, 6) is 1.38. The van der Waals surface area contributed by atoms with Crippen LogP contribution in [0.4, 0.5) is 0 Å². The third-order valence-electron chi connectivity index (χ3n) is 4.97. The van der Waals surface area contributed by atoms with Crippen LogP contribution in [0, 0.1) is 17.3 Å². The zero-order valence-corrected chi connectivity index (χ0v) is 12.1. The summed E-state index contributed by atoms with van der Waals surface area (Å²) in [6.45, 7) is 8.65. The monoisotopic (exact) mass is 254 g/mol. The molecule has 3 N–H and O–H groups in total. The molecule has 3 heteroatoms. The largest absolute Gasteiger partial charge is 0.396 e. The SMILES string of the molecule is CC1(C)CCC(N)C(CN2CCC(CCO)C2)C1. The van der Waals surface area contributed by atoms with Gasteiger partial charge in [-0.25, -0.2) is 0 Å². The Morgan fingerprint density at radius 1 is 1.33 bits per heavy atom. The maximum atomic E-state index is 9.01. The smallest absolute Gasteiger partial charge is 0.0434 e. The van der Waals surface area contributed by atoms with Crippen molar-refractivity contribution in [2.45, 2.75) is 52.0 Å². The average molecular weight is 254 g/mol. The third-order valence-corrected chi connectivity index (χ3v) is 4.97. The summed E-state index contributed by atoms with van der Waals surface area (Å²) in [7, 11) is 0. The van der Waals surface area contributed by atoms with E-state index in [-0.39, 0.29) is 0 Å². The molecule has 1 heterocycles. The van der Waals surface area contributed by atoms with E-state index >= 15 is 0 Å². The van der Waals surface area contributed by atoms with E-state index in [1.807, 2.05) is 0 Å². The number of hydrogen-bond acceptors (Lipinski definition) is 3. The van der Waals surface area contributed by atoms with Gasteiger partial charge < -0.3 is 15.7 Å². The maximum Gasteiger partial charge on any atom is 0.0434 e. The lowest BCUT2D eigenvalue weighted by atomic mass is 9.70. The fraction of sp³-hybridized carbons (Fsp3) is 1.00. The number of nitrogens with two attached hydrogens (primary N) is 1. The zero-order valence-electron chi connectivity index (χ0n) is 12.1. The molecule has 2 rings (SSSR count). The first-order valence-corrected chi connectivity index (χ1v) is 7.59. The van der Waals surface area contributed by atoms with E-state index in [1.54, 1.807) is 0 Å². The second-order valence-electron chi connectivity index (χ2n) is 7.26. The molecule has 0 aromatic heterocycles. The first-order chi connectivity index (χ1) is 8.50. The number of likely N-dealkylation sites (tertiary alicyclic amines) is 1. The van der Waals surface area contributed by atoms with Crippen LogP contribution in [0.2, 0.25) is 0 Å². The molecule has 0 spiro atoms. The summed E-state index contributed by atoms with van der Waals surface area (Å²) >= 11 is 0. The topological polar surface area (TPSA) is 49.5 Å². The van der Waals surface area contributed by atoms with Crippen molar-refractivity contribution >= 4 is 0 Å². The number of aliphatic hydroxyl groups excluding tert-OH is 1. The number of hydrogen-bond donors (Lipinski definition) is 2. The minimum atomic E-state index is 0.342. The van der Waals surface area contributed by atoms with Gasteiger partial charge in [0.25, 0.3) is 0 Å². The highest BCUT2D eigenvalue weighted by Crippen LogP contribution is 2.38. The van der Waals surface area contributed by atoms with Gasteiger partial charge in [-0.05, 0) is 55.9 Å².